The van der Waals surface area contributed by atoms with E-state index in [1.165, 1.54) is 11.6 Å². The van der Waals surface area contributed by atoms with Crippen molar-refractivity contribution in [2.24, 2.45) is 0 Å². The van der Waals surface area contributed by atoms with Crippen LogP contribution in [-0.2, 0) is 0 Å². The lowest BCUT2D eigenvalue weighted by atomic mass is 10.1. The number of amides is 1. The predicted molar refractivity (Wildman–Crippen MR) is 101 cm³/mol. The van der Waals surface area contributed by atoms with Gasteiger partial charge in [-0.15, -0.1) is 0 Å². The molecule has 0 saturated heterocycles. The number of carbonyl (C=O) groups excluding carboxylic acids is 1. The number of carbonyl (C=O) groups is 1. The standard InChI is InChI=1S/C21H17N3O2/c25-21(20-14-23-18-7-3-4-8-19(18)24-20)22-11-12-26-17-10-9-15-5-1-2-6-16(15)13-17/h1-10,13-14H,11-12H2,(H,22,25). The Morgan fingerprint density at radius 3 is 2.58 bits per heavy atom. The summed E-state index contributed by atoms with van der Waals surface area (Å²) in [5.41, 5.74) is 1.77. The van der Waals surface area contributed by atoms with Crippen molar-refractivity contribution in [1.29, 1.82) is 0 Å². The second kappa shape index (κ2) is 7.19. The van der Waals surface area contributed by atoms with Gasteiger partial charge in [-0.3, -0.25) is 9.78 Å². The molecule has 1 aromatic heterocycles. The minimum absolute atomic E-state index is 0.259. The number of fused-ring (bicyclic) bond motifs is 2. The van der Waals surface area contributed by atoms with Gasteiger partial charge < -0.3 is 10.1 Å². The molecule has 0 spiro atoms. The summed E-state index contributed by atoms with van der Waals surface area (Å²) in [5.74, 6) is 0.522. The molecule has 0 saturated carbocycles. The van der Waals surface area contributed by atoms with Crippen molar-refractivity contribution >= 4 is 27.7 Å². The first-order valence-corrected chi connectivity index (χ1v) is 8.41. The fraction of sp³-hybridized carbons (Fsp3) is 0.0952. The van der Waals surface area contributed by atoms with E-state index in [9.17, 15) is 4.79 Å². The molecular weight excluding hydrogens is 326 g/mol. The lowest BCUT2D eigenvalue weighted by Gasteiger charge is -2.08. The molecular formula is C21H17N3O2. The van der Waals surface area contributed by atoms with Gasteiger partial charge in [0.15, 0.2) is 0 Å². The normalized spacial score (nSPS) is 10.8. The second-order valence-corrected chi connectivity index (χ2v) is 5.86. The molecule has 0 atom stereocenters. The molecule has 1 N–H and O–H groups in total. The van der Waals surface area contributed by atoms with Crippen LogP contribution in [0.25, 0.3) is 21.8 Å². The van der Waals surface area contributed by atoms with Crippen molar-refractivity contribution < 1.29 is 9.53 Å². The van der Waals surface area contributed by atoms with Gasteiger partial charge in [0.2, 0.25) is 0 Å². The summed E-state index contributed by atoms with van der Waals surface area (Å²) in [7, 11) is 0. The first-order chi connectivity index (χ1) is 12.8. The lowest BCUT2D eigenvalue weighted by molar-refractivity contribution is 0.0942. The highest BCUT2D eigenvalue weighted by Gasteiger charge is 2.08. The topological polar surface area (TPSA) is 64.1 Å². The highest BCUT2D eigenvalue weighted by atomic mass is 16.5. The van der Waals surface area contributed by atoms with Crippen LogP contribution in [0.4, 0.5) is 0 Å². The summed E-state index contributed by atoms with van der Waals surface area (Å²) >= 11 is 0. The van der Waals surface area contributed by atoms with Crippen LogP contribution >= 0.6 is 0 Å². The Kier molecular flexibility index (Phi) is 4.43. The fourth-order valence-electron chi connectivity index (χ4n) is 2.75. The van der Waals surface area contributed by atoms with Gasteiger partial charge in [0, 0.05) is 0 Å². The van der Waals surface area contributed by atoms with E-state index in [0.717, 1.165) is 16.7 Å². The number of nitrogens with one attached hydrogen (secondary N) is 1. The molecule has 0 fully saturated rings. The van der Waals surface area contributed by atoms with Crippen LogP contribution in [0.1, 0.15) is 10.5 Å². The van der Waals surface area contributed by atoms with E-state index < -0.39 is 0 Å². The van der Waals surface area contributed by atoms with Gasteiger partial charge in [-0.05, 0) is 35.0 Å². The number of para-hydroxylation sites is 2. The van der Waals surface area contributed by atoms with E-state index in [2.05, 4.69) is 21.4 Å². The Labute approximate surface area is 150 Å². The maximum absolute atomic E-state index is 12.2. The summed E-state index contributed by atoms with van der Waals surface area (Å²) in [5, 5.41) is 5.10. The second-order valence-electron chi connectivity index (χ2n) is 5.86. The summed E-state index contributed by atoms with van der Waals surface area (Å²) in [4.78, 5) is 20.8. The van der Waals surface area contributed by atoms with Crippen LogP contribution in [0.2, 0.25) is 0 Å². The van der Waals surface area contributed by atoms with E-state index in [-0.39, 0.29) is 5.91 Å². The summed E-state index contributed by atoms with van der Waals surface area (Å²) in [6, 6.07) is 21.5. The molecule has 4 rings (SSSR count). The largest absolute Gasteiger partial charge is 0.492 e. The molecule has 5 nitrogen and oxygen atoms in total. The quantitative estimate of drug-likeness (QED) is 0.563. The minimum atomic E-state index is -0.259. The Bertz CT molecular complexity index is 1080. The molecule has 4 aromatic rings. The highest BCUT2D eigenvalue weighted by molar-refractivity contribution is 5.93. The number of benzene rings is 3. The van der Waals surface area contributed by atoms with Crippen LogP contribution in [-0.4, -0.2) is 29.0 Å². The maximum atomic E-state index is 12.2. The van der Waals surface area contributed by atoms with Crippen molar-refractivity contribution in [2.45, 2.75) is 0 Å². The van der Waals surface area contributed by atoms with Crippen LogP contribution in [0, 0.1) is 0 Å². The molecule has 5 heteroatoms. The van der Waals surface area contributed by atoms with Crippen LogP contribution in [0.3, 0.4) is 0 Å². The third-order valence-electron chi connectivity index (χ3n) is 4.06. The molecule has 3 aromatic carbocycles. The van der Waals surface area contributed by atoms with Gasteiger partial charge in [-0.2, -0.15) is 0 Å². The van der Waals surface area contributed by atoms with Gasteiger partial charge in [-0.25, -0.2) is 4.98 Å². The van der Waals surface area contributed by atoms with Gasteiger partial charge in [-0.1, -0.05) is 42.5 Å². The Morgan fingerprint density at radius 1 is 0.923 bits per heavy atom. The molecule has 0 aliphatic rings. The van der Waals surface area contributed by atoms with E-state index in [0.29, 0.717) is 24.4 Å². The fourth-order valence-corrected chi connectivity index (χ4v) is 2.75. The Morgan fingerprint density at radius 2 is 1.69 bits per heavy atom. The van der Waals surface area contributed by atoms with Crippen molar-refractivity contribution in [3.63, 3.8) is 0 Å². The first kappa shape index (κ1) is 16.0. The van der Waals surface area contributed by atoms with Crippen LogP contribution in [0.15, 0.2) is 72.9 Å². The summed E-state index contributed by atoms with van der Waals surface area (Å²) in [6.07, 6.45) is 1.49. The van der Waals surface area contributed by atoms with Crippen LogP contribution in [0.5, 0.6) is 5.75 Å². The Hall–Kier alpha value is -3.47. The highest BCUT2D eigenvalue weighted by Crippen LogP contribution is 2.20. The third kappa shape index (κ3) is 3.47. The molecule has 1 heterocycles. The van der Waals surface area contributed by atoms with Gasteiger partial charge in [0.1, 0.15) is 18.1 Å². The van der Waals surface area contributed by atoms with E-state index >= 15 is 0 Å². The van der Waals surface area contributed by atoms with Crippen molar-refractivity contribution in [2.75, 3.05) is 13.2 Å². The zero-order valence-electron chi connectivity index (χ0n) is 14.1. The van der Waals surface area contributed by atoms with E-state index in [1.807, 2.05) is 60.7 Å². The molecule has 128 valence electrons. The van der Waals surface area contributed by atoms with Crippen LogP contribution < -0.4 is 10.1 Å². The number of hydrogen-bond acceptors (Lipinski definition) is 4. The molecule has 1 amide bonds. The first-order valence-electron chi connectivity index (χ1n) is 8.41. The average Bonchev–Trinajstić information content (AvgIpc) is 2.70. The SMILES string of the molecule is O=C(NCCOc1ccc2ccccc2c1)c1cnc2ccccc2n1. The van der Waals surface area contributed by atoms with E-state index in [1.54, 1.807) is 0 Å². The molecule has 0 aliphatic heterocycles. The lowest BCUT2D eigenvalue weighted by Crippen LogP contribution is -2.28. The van der Waals surface area contributed by atoms with E-state index in [4.69, 9.17) is 4.74 Å². The summed E-state index contributed by atoms with van der Waals surface area (Å²) in [6.45, 7) is 0.769. The number of rotatable bonds is 5. The van der Waals surface area contributed by atoms with Gasteiger partial charge in [0.25, 0.3) is 5.91 Å². The number of ether oxygens (including phenoxy) is 1. The van der Waals surface area contributed by atoms with Gasteiger partial charge >= 0.3 is 0 Å². The monoisotopic (exact) mass is 343 g/mol. The van der Waals surface area contributed by atoms with Crippen molar-refractivity contribution in [1.82, 2.24) is 15.3 Å². The molecule has 0 radical (unpaired) electrons. The average molecular weight is 343 g/mol. The number of hydrogen-bond donors (Lipinski definition) is 1. The maximum Gasteiger partial charge on any atom is 0.271 e. The molecule has 26 heavy (non-hydrogen) atoms. The zero-order valence-corrected chi connectivity index (χ0v) is 14.1. The molecule has 0 bridgehead atoms. The third-order valence-corrected chi connectivity index (χ3v) is 4.06. The minimum Gasteiger partial charge on any atom is -0.492 e. The smallest absolute Gasteiger partial charge is 0.271 e. The molecule has 0 aliphatic carbocycles. The predicted octanol–water partition coefficient (Wildman–Crippen LogP) is 3.59. The molecule has 0 unspecified atom stereocenters. The number of aromatic nitrogens is 2. The van der Waals surface area contributed by atoms with Crippen molar-refractivity contribution in [3.8, 4) is 5.75 Å². The van der Waals surface area contributed by atoms with Crippen molar-refractivity contribution in [3.05, 3.63) is 78.6 Å². The number of nitrogens with zero attached hydrogens (tertiary/aromatic N) is 2. The Balaban J connectivity index is 1.33. The van der Waals surface area contributed by atoms with Gasteiger partial charge in [0.05, 0.1) is 23.8 Å². The zero-order chi connectivity index (χ0) is 17.8. The summed E-state index contributed by atoms with van der Waals surface area (Å²) < 4.78 is 5.72.